The molecule has 2 heterocycles. The smallest absolute Gasteiger partial charge is 0.276 e. The molecule has 0 bridgehead atoms. The van der Waals surface area contributed by atoms with Gasteiger partial charge in [0.05, 0.1) is 12.6 Å². The van der Waals surface area contributed by atoms with E-state index in [4.69, 9.17) is 16.0 Å². The Hall–Kier alpha value is -1.86. The predicted octanol–water partition coefficient (Wildman–Crippen LogP) is 4.92. The predicted molar refractivity (Wildman–Crippen MR) is 100 cm³/mol. The lowest BCUT2D eigenvalue weighted by Crippen LogP contribution is -1.98. The molecule has 3 rings (SSSR count). The summed E-state index contributed by atoms with van der Waals surface area (Å²) in [5.41, 5.74) is 1.56. The molecule has 0 amide bonds. The number of aromatic nitrogens is 4. The van der Waals surface area contributed by atoms with Crippen LogP contribution in [0.4, 0.5) is 4.39 Å². The maximum absolute atomic E-state index is 13.8. The average Bonchev–Trinajstić information content (AvgIpc) is 3.23. The molecule has 2 aromatic heterocycles. The zero-order chi connectivity index (χ0) is 18.4. The Bertz CT molecular complexity index is 831. The summed E-state index contributed by atoms with van der Waals surface area (Å²) < 4.78 is 21.4. The van der Waals surface area contributed by atoms with E-state index >= 15 is 0 Å². The van der Waals surface area contributed by atoms with Crippen LogP contribution < -0.4 is 0 Å². The molecule has 3 aromatic rings. The van der Waals surface area contributed by atoms with Crippen molar-refractivity contribution in [1.29, 1.82) is 0 Å². The molecule has 0 unspecified atom stereocenters. The molecule has 0 saturated carbocycles. The SMILES string of the molecule is Cc1cnn(CCCCCSc2nnc(Cc3c(F)cccc3Cl)o2)c1. The fourth-order valence-corrected chi connectivity index (χ4v) is 3.53. The summed E-state index contributed by atoms with van der Waals surface area (Å²) in [5, 5.41) is 13.1. The van der Waals surface area contributed by atoms with E-state index in [2.05, 4.69) is 21.5 Å². The highest BCUT2D eigenvalue weighted by molar-refractivity contribution is 7.99. The summed E-state index contributed by atoms with van der Waals surface area (Å²) in [6.45, 7) is 2.98. The Morgan fingerprint density at radius 2 is 2.12 bits per heavy atom. The molecule has 1 aromatic carbocycles. The second kappa shape index (κ2) is 9.19. The third-order valence-corrected chi connectivity index (χ3v) is 5.12. The minimum atomic E-state index is -0.364. The fraction of sp³-hybridized carbons (Fsp3) is 0.389. The molecule has 0 N–H and O–H groups in total. The van der Waals surface area contributed by atoms with Crippen LogP contribution in [0.15, 0.2) is 40.2 Å². The highest BCUT2D eigenvalue weighted by Crippen LogP contribution is 2.24. The Balaban J connectivity index is 1.38. The number of halogens is 2. The van der Waals surface area contributed by atoms with Gasteiger partial charge in [0.15, 0.2) is 0 Å². The van der Waals surface area contributed by atoms with Crippen molar-refractivity contribution in [3.8, 4) is 0 Å². The molecule has 5 nitrogen and oxygen atoms in total. The van der Waals surface area contributed by atoms with Crippen LogP contribution in [0.2, 0.25) is 5.02 Å². The van der Waals surface area contributed by atoms with Gasteiger partial charge in [-0.15, -0.1) is 10.2 Å². The van der Waals surface area contributed by atoms with Gasteiger partial charge in [-0.3, -0.25) is 4.68 Å². The van der Waals surface area contributed by atoms with Crippen molar-refractivity contribution >= 4 is 23.4 Å². The topological polar surface area (TPSA) is 56.7 Å². The van der Waals surface area contributed by atoms with E-state index < -0.39 is 0 Å². The van der Waals surface area contributed by atoms with Crippen molar-refractivity contribution < 1.29 is 8.81 Å². The molecule has 0 atom stereocenters. The molecular formula is C18H20ClFN4OS. The molecule has 0 aliphatic carbocycles. The van der Waals surface area contributed by atoms with Gasteiger partial charge >= 0.3 is 0 Å². The van der Waals surface area contributed by atoms with Crippen LogP contribution in [0.25, 0.3) is 0 Å². The summed E-state index contributed by atoms with van der Waals surface area (Å²) >= 11 is 7.54. The Morgan fingerprint density at radius 1 is 1.23 bits per heavy atom. The Labute approximate surface area is 161 Å². The van der Waals surface area contributed by atoms with Crippen LogP contribution >= 0.6 is 23.4 Å². The standard InChI is InChI=1S/C18H20ClFN4OS/c1-13-11-21-24(12-13)8-3-2-4-9-26-18-23-22-17(25-18)10-14-15(19)6-5-7-16(14)20/h5-7,11-12H,2-4,8-10H2,1H3. The number of hydrogen-bond acceptors (Lipinski definition) is 5. The summed E-state index contributed by atoms with van der Waals surface area (Å²) in [6.07, 6.45) is 7.37. The van der Waals surface area contributed by atoms with Crippen molar-refractivity contribution in [2.24, 2.45) is 0 Å². The summed E-state index contributed by atoms with van der Waals surface area (Å²) in [5.74, 6) is 0.908. The van der Waals surface area contributed by atoms with Gasteiger partial charge in [-0.05, 0) is 37.5 Å². The zero-order valence-corrected chi connectivity index (χ0v) is 16.1. The number of rotatable bonds is 9. The third kappa shape index (κ3) is 5.32. The van der Waals surface area contributed by atoms with E-state index in [0.29, 0.717) is 21.7 Å². The molecular weight excluding hydrogens is 375 g/mol. The van der Waals surface area contributed by atoms with Crippen LogP contribution in [-0.2, 0) is 13.0 Å². The summed E-state index contributed by atoms with van der Waals surface area (Å²) in [6, 6.07) is 4.60. The molecule has 0 saturated heterocycles. The molecule has 0 aliphatic heterocycles. The maximum atomic E-state index is 13.8. The van der Waals surface area contributed by atoms with Gasteiger partial charge < -0.3 is 4.42 Å². The minimum Gasteiger partial charge on any atom is -0.416 e. The van der Waals surface area contributed by atoms with Crippen LogP contribution in [0.1, 0.15) is 36.3 Å². The molecule has 138 valence electrons. The molecule has 0 fully saturated rings. The zero-order valence-electron chi connectivity index (χ0n) is 14.5. The minimum absolute atomic E-state index is 0.197. The van der Waals surface area contributed by atoms with Crippen LogP contribution in [-0.4, -0.2) is 25.7 Å². The van der Waals surface area contributed by atoms with Gasteiger partial charge in [-0.25, -0.2) is 4.39 Å². The highest BCUT2D eigenvalue weighted by atomic mass is 35.5. The van der Waals surface area contributed by atoms with Crippen LogP contribution in [0.5, 0.6) is 0 Å². The largest absolute Gasteiger partial charge is 0.416 e. The first-order chi connectivity index (χ1) is 12.6. The summed E-state index contributed by atoms with van der Waals surface area (Å²) in [7, 11) is 0. The average molecular weight is 395 g/mol. The highest BCUT2D eigenvalue weighted by Gasteiger charge is 2.13. The number of aryl methyl sites for hydroxylation is 2. The molecule has 8 heteroatoms. The van der Waals surface area contributed by atoms with E-state index in [1.54, 1.807) is 12.1 Å². The van der Waals surface area contributed by atoms with Gasteiger partial charge in [-0.2, -0.15) is 5.10 Å². The number of nitrogens with zero attached hydrogens (tertiary/aromatic N) is 4. The maximum Gasteiger partial charge on any atom is 0.276 e. The third-order valence-electron chi connectivity index (χ3n) is 3.86. The van der Waals surface area contributed by atoms with Crippen molar-refractivity contribution in [2.75, 3.05) is 5.75 Å². The van der Waals surface area contributed by atoms with Gasteiger partial charge in [-0.1, -0.05) is 35.9 Å². The molecule has 0 spiro atoms. The van der Waals surface area contributed by atoms with E-state index in [1.165, 1.54) is 23.4 Å². The number of hydrogen-bond donors (Lipinski definition) is 0. The lowest BCUT2D eigenvalue weighted by Gasteiger charge is -2.02. The number of benzene rings is 1. The van der Waals surface area contributed by atoms with Crippen molar-refractivity contribution in [2.45, 2.75) is 44.4 Å². The fourth-order valence-electron chi connectivity index (χ4n) is 2.52. The van der Waals surface area contributed by atoms with Crippen molar-refractivity contribution in [3.63, 3.8) is 0 Å². The van der Waals surface area contributed by atoms with E-state index in [0.717, 1.165) is 31.6 Å². The van der Waals surface area contributed by atoms with Crippen molar-refractivity contribution in [1.82, 2.24) is 20.0 Å². The molecule has 0 aliphatic rings. The first-order valence-electron chi connectivity index (χ1n) is 8.49. The Morgan fingerprint density at radius 3 is 2.88 bits per heavy atom. The van der Waals surface area contributed by atoms with Crippen LogP contribution in [0.3, 0.4) is 0 Å². The lowest BCUT2D eigenvalue weighted by atomic mass is 10.1. The second-order valence-corrected chi connectivity index (χ2v) is 7.48. The number of thioether (sulfide) groups is 1. The van der Waals surface area contributed by atoms with Gasteiger partial charge in [0.1, 0.15) is 5.82 Å². The first-order valence-corrected chi connectivity index (χ1v) is 9.85. The first kappa shape index (κ1) is 18.9. The van der Waals surface area contributed by atoms with E-state index in [9.17, 15) is 4.39 Å². The van der Waals surface area contributed by atoms with Crippen molar-refractivity contribution in [3.05, 3.63) is 58.5 Å². The lowest BCUT2D eigenvalue weighted by molar-refractivity contribution is 0.418. The molecule has 0 radical (unpaired) electrons. The quantitative estimate of drug-likeness (QED) is 0.381. The second-order valence-electron chi connectivity index (χ2n) is 6.03. The Kier molecular flexibility index (Phi) is 6.68. The van der Waals surface area contributed by atoms with Gasteiger partial charge in [0, 0.05) is 29.1 Å². The van der Waals surface area contributed by atoms with Gasteiger partial charge in [0.2, 0.25) is 5.89 Å². The molecule has 26 heavy (non-hydrogen) atoms. The van der Waals surface area contributed by atoms with E-state index in [1.807, 2.05) is 17.8 Å². The monoisotopic (exact) mass is 394 g/mol. The van der Waals surface area contributed by atoms with E-state index in [-0.39, 0.29) is 12.2 Å². The van der Waals surface area contributed by atoms with Crippen LogP contribution in [0, 0.1) is 12.7 Å². The number of unbranched alkanes of at least 4 members (excludes halogenated alkanes) is 2. The summed E-state index contributed by atoms with van der Waals surface area (Å²) in [4.78, 5) is 0. The van der Waals surface area contributed by atoms with Gasteiger partial charge in [0.25, 0.3) is 5.22 Å². The normalized spacial score (nSPS) is 11.2.